The van der Waals surface area contributed by atoms with Crippen LogP contribution in [0.5, 0.6) is 5.75 Å². The van der Waals surface area contributed by atoms with Crippen molar-refractivity contribution >= 4 is 16.6 Å². The Morgan fingerprint density at radius 3 is 2.77 bits per heavy atom. The van der Waals surface area contributed by atoms with Crippen molar-refractivity contribution in [3.05, 3.63) is 77.2 Å². The van der Waals surface area contributed by atoms with Gasteiger partial charge in [-0.15, -0.1) is 0 Å². The first kappa shape index (κ1) is 26.1. The molecule has 2 N–H and O–H groups in total. The Balaban J connectivity index is 1.58. The Bertz CT molecular complexity index is 1650. The molecule has 0 saturated carbocycles. The predicted octanol–water partition coefficient (Wildman–Crippen LogP) is 5.83. The molecule has 0 radical (unpaired) electrons. The Labute approximate surface area is 229 Å². The van der Waals surface area contributed by atoms with Crippen LogP contribution in [0.15, 0.2) is 48.7 Å². The van der Waals surface area contributed by atoms with Crippen molar-refractivity contribution in [2.24, 2.45) is 0 Å². The normalized spacial score (nSPS) is 19.2. The molecule has 0 aliphatic carbocycles. The minimum absolute atomic E-state index is 0.0624. The van der Waals surface area contributed by atoms with Gasteiger partial charge in [-0.05, 0) is 73.3 Å². The van der Waals surface area contributed by atoms with Gasteiger partial charge in [0, 0.05) is 42.9 Å². The van der Waals surface area contributed by atoms with Gasteiger partial charge >= 0.3 is 0 Å². The maximum absolute atomic E-state index is 15.0. The lowest BCUT2D eigenvalue weighted by atomic mass is 9.94. The number of aromatic nitrogens is 1. The van der Waals surface area contributed by atoms with E-state index in [1.54, 1.807) is 24.4 Å². The lowest BCUT2D eigenvalue weighted by Crippen LogP contribution is -2.53. The van der Waals surface area contributed by atoms with Gasteiger partial charge in [-0.2, -0.15) is 5.26 Å². The number of benzene rings is 3. The number of hydrogen-bond acceptors (Lipinski definition) is 6. The van der Waals surface area contributed by atoms with Crippen LogP contribution in [-0.2, 0) is 4.74 Å². The molecule has 0 amide bonds. The summed E-state index contributed by atoms with van der Waals surface area (Å²) in [5, 5.41) is 24.2. The molecule has 6 rings (SSSR count). The molecule has 0 spiro atoms. The second kappa shape index (κ2) is 10.5. The highest BCUT2D eigenvalue weighted by molar-refractivity contribution is 6.02. The van der Waals surface area contributed by atoms with E-state index in [4.69, 9.17) is 4.74 Å². The summed E-state index contributed by atoms with van der Waals surface area (Å²) in [6, 6.07) is 12.2. The quantitative estimate of drug-likeness (QED) is 0.338. The third-order valence-corrected chi connectivity index (χ3v) is 7.73. The SMILES string of the molecule is Cc1cc(F)cc(-c2cnc3ccc(-c4c(O)c(C#N)cc(F)c4F)cc3c2N2CC[C@H]3NCCCO[C@@H]3C2)c1. The van der Waals surface area contributed by atoms with Crippen LogP contribution in [0.3, 0.4) is 0 Å². The van der Waals surface area contributed by atoms with Crippen molar-refractivity contribution in [2.75, 3.05) is 31.1 Å². The number of fused-ring (bicyclic) bond motifs is 2. The molecule has 2 saturated heterocycles. The van der Waals surface area contributed by atoms with E-state index >= 15 is 4.39 Å². The second-order valence-electron chi connectivity index (χ2n) is 10.4. The summed E-state index contributed by atoms with van der Waals surface area (Å²) in [6.07, 6.45) is 3.39. The van der Waals surface area contributed by atoms with Crippen LogP contribution >= 0.6 is 0 Å². The lowest BCUT2D eigenvalue weighted by Gasteiger charge is -2.40. The Morgan fingerprint density at radius 2 is 1.98 bits per heavy atom. The number of phenolic OH excluding ortho intramolecular Hbond substituents is 1. The molecule has 204 valence electrons. The molecule has 2 atom stereocenters. The smallest absolute Gasteiger partial charge is 0.170 e. The Hall–Kier alpha value is -4.13. The molecule has 2 aliphatic heterocycles. The number of hydrogen-bond donors (Lipinski definition) is 2. The number of nitrogens with zero attached hydrogens (tertiary/aromatic N) is 3. The van der Waals surface area contributed by atoms with Crippen molar-refractivity contribution in [2.45, 2.75) is 31.9 Å². The zero-order chi connectivity index (χ0) is 28.0. The number of anilines is 1. The molecule has 6 nitrogen and oxygen atoms in total. The van der Waals surface area contributed by atoms with E-state index in [2.05, 4.69) is 15.2 Å². The second-order valence-corrected chi connectivity index (χ2v) is 10.4. The highest BCUT2D eigenvalue weighted by Crippen LogP contribution is 2.42. The van der Waals surface area contributed by atoms with Gasteiger partial charge in [-0.3, -0.25) is 4.98 Å². The van der Waals surface area contributed by atoms with Gasteiger partial charge in [0.1, 0.15) is 17.6 Å². The first-order valence-electron chi connectivity index (χ1n) is 13.3. The topological polar surface area (TPSA) is 81.4 Å². The summed E-state index contributed by atoms with van der Waals surface area (Å²) < 4.78 is 50.2. The van der Waals surface area contributed by atoms with Gasteiger partial charge in [0.25, 0.3) is 0 Å². The number of phenols is 1. The molecule has 0 unspecified atom stereocenters. The summed E-state index contributed by atoms with van der Waals surface area (Å²) in [5.41, 5.74) is 2.86. The number of aromatic hydroxyl groups is 1. The van der Waals surface area contributed by atoms with E-state index in [-0.39, 0.29) is 29.1 Å². The maximum Gasteiger partial charge on any atom is 0.170 e. The van der Waals surface area contributed by atoms with Crippen molar-refractivity contribution in [3.8, 4) is 34.1 Å². The predicted molar refractivity (Wildman–Crippen MR) is 147 cm³/mol. The summed E-state index contributed by atoms with van der Waals surface area (Å²) in [6.45, 7) is 4.61. The van der Waals surface area contributed by atoms with Gasteiger partial charge in [0.2, 0.25) is 0 Å². The third-order valence-electron chi connectivity index (χ3n) is 7.73. The fraction of sp³-hybridized carbons (Fsp3) is 0.290. The van der Waals surface area contributed by atoms with E-state index in [1.807, 2.05) is 13.0 Å². The first-order chi connectivity index (χ1) is 19.3. The van der Waals surface area contributed by atoms with Gasteiger partial charge in [0.15, 0.2) is 11.6 Å². The van der Waals surface area contributed by atoms with Gasteiger partial charge < -0.3 is 20.1 Å². The number of piperidine rings is 1. The molecule has 9 heteroatoms. The Morgan fingerprint density at radius 1 is 1.12 bits per heavy atom. The highest BCUT2D eigenvalue weighted by Gasteiger charge is 2.33. The van der Waals surface area contributed by atoms with Gasteiger partial charge in [0.05, 0.1) is 28.4 Å². The van der Waals surface area contributed by atoms with E-state index in [9.17, 15) is 19.1 Å². The van der Waals surface area contributed by atoms with Gasteiger partial charge in [-0.25, -0.2) is 13.2 Å². The van der Waals surface area contributed by atoms with Crippen LogP contribution in [0.4, 0.5) is 18.9 Å². The lowest BCUT2D eigenvalue weighted by molar-refractivity contribution is 0.0377. The van der Waals surface area contributed by atoms with Crippen LogP contribution in [0.1, 0.15) is 24.0 Å². The zero-order valence-electron chi connectivity index (χ0n) is 21.8. The minimum Gasteiger partial charge on any atom is -0.506 e. The Kier molecular flexibility index (Phi) is 6.82. The fourth-order valence-corrected chi connectivity index (χ4v) is 5.86. The standard InChI is InChI=1S/C31H27F3N4O2/c1-17-9-19(11-21(32)10-17)23-15-37-25-4-3-18(28-29(34)24(33)13-20(14-35)31(28)39)12-22(25)30(23)38-7-5-26-27(16-38)40-8-2-6-36-26/h3-4,9-13,15,26-27,36,39H,2,5-8,16H2,1H3/t26-,27-/m1/s1. The van der Waals surface area contributed by atoms with E-state index in [1.165, 1.54) is 18.2 Å². The average molecular weight is 545 g/mol. The van der Waals surface area contributed by atoms with E-state index in [0.717, 1.165) is 30.6 Å². The minimum atomic E-state index is -1.25. The average Bonchev–Trinajstić information content (AvgIpc) is 3.19. The molecule has 1 aromatic heterocycles. The van der Waals surface area contributed by atoms with Crippen LogP contribution in [-0.4, -0.2) is 48.5 Å². The molecule has 3 heterocycles. The number of pyridine rings is 1. The summed E-state index contributed by atoms with van der Waals surface area (Å²) in [5.74, 6) is -3.49. The van der Waals surface area contributed by atoms with Crippen molar-refractivity contribution < 1.29 is 23.0 Å². The van der Waals surface area contributed by atoms with E-state index < -0.39 is 22.9 Å². The van der Waals surface area contributed by atoms with Crippen molar-refractivity contribution in [1.29, 1.82) is 5.26 Å². The summed E-state index contributed by atoms with van der Waals surface area (Å²) in [4.78, 5) is 6.80. The molecule has 40 heavy (non-hydrogen) atoms. The third kappa shape index (κ3) is 4.63. The number of rotatable bonds is 3. The summed E-state index contributed by atoms with van der Waals surface area (Å²) >= 11 is 0. The molecule has 2 aliphatic rings. The largest absolute Gasteiger partial charge is 0.506 e. The van der Waals surface area contributed by atoms with E-state index in [0.29, 0.717) is 47.8 Å². The molecular formula is C31H27F3N4O2. The molecule has 3 aromatic carbocycles. The van der Waals surface area contributed by atoms with Gasteiger partial charge in [-0.1, -0.05) is 12.1 Å². The number of ether oxygens (including phenoxy) is 1. The number of nitrogens with one attached hydrogen (secondary N) is 1. The van der Waals surface area contributed by atoms with Crippen LogP contribution < -0.4 is 10.2 Å². The molecule has 4 aromatic rings. The van der Waals surface area contributed by atoms with Crippen molar-refractivity contribution in [1.82, 2.24) is 10.3 Å². The maximum atomic E-state index is 15.0. The monoisotopic (exact) mass is 544 g/mol. The molecular weight excluding hydrogens is 517 g/mol. The zero-order valence-corrected chi connectivity index (χ0v) is 21.8. The van der Waals surface area contributed by atoms with Crippen molar-refractivity contribution in [3.63, 3.8) is 0 Å². The summed E-state index contributed by atoms with van der Waals surface area (Å²) in [7, 11) is 0. The first-order valence-corrected chi connectivity index (χ1v) is 13.3. The number of aryl methyl sites for hydroxylation is 1. The van der Waals surface area contributed by atoms with Crippen LogP contribution in [0.2, 0.25) is 0 Å². The van der Waals surface area contributed by atoms with Crippen LogP contribution in [0.25, 0.3) is 33.2 Å². The number of halogens is 3. The highest BCUT2D eigenvalue weighted by atomic mass is 19.2. The molecule has 2 fully saturated rings. The van der Waals surface area contributed by atoms with Crippen LogP contribution in [0, 0.1) is 35.7 Å². The molecule has 0 bridgehead atoms. The number of nitriles is 1. The fourth-order valence-electron chi connectivity index (χ4n) is 5.86.